The molecule has 1 N–H and O–H groups in total. The van der Waals surface area contributed by atoms with Gasteiger partial charge in [0.2, 0.25) is 0 Å². The minimum Gasteiger partial charge on any atom is -0.388 e. The Kier molecular flexibility index (Phi) is 3.65. The van der Waals surface area contributed by atoms with Crippen molar-refractivity contribution in [1.29, 1.82) is 0 Å². The zero-order valence-electron chi connectivity index (χ0n) is 10.3. The summed E-state index contributed by atoms with van der Waals surface area (Å²) >= 11 is 0. The first-order valence-corrected chi connectivity index (χ1v) is 6.42. The first kappa shape index (κ1) is 11.7. The zero-order valence-corrected chi connectivity index (χ0v) is 10.3. The van der Waals surface area contributed by atoms with Gasteiger partial charge < -0.3 is 5.11 Å². The van der Waals surface area contributed by atoms with Crippen LogP contribution in [0.4, 0.5) is 0 Å². The lowest BCUT2D eigenvalue weighted by molar-refractivity contribution is 0.160. The Morgan fingerprint density at radius 1 is 1.31 bits per heavy atom. The topological polar surface area (TPSA) is 20.2 Å². The number of aliphatic hydroxyl groups excluding tert-OH is 1. The van der Waals surface area contributed by atoms with E-state index in [4.69, 9.17) is 0 Å². The third-order valence-electron chi connectivity index (χ3n) is 3.23. The van der Waals surface area contributed by atoms with Crippen LogP contribution in [0.15, 0.2) is 24.3 Å². The Bertz CT molecular complexity index is 339. The molecule has 1 fully saturated rings. The number of hydrogen-bond acceptors (Lipinski definition) is 1. The highest BCUT2D eigenvalue weighted by Crippen LogP contribution is 2.37. The lowest BCUT2D eigenvalue weighted by Gasteiger charge is -2.12. The molecule has 88 valence electrons. The third kappa shape index (κ3) is 3.34. The lowest BCUT2D eigenvalue weighted by Crippen LogP contribution is -2.01. The van der Waals surface area contributed by atoms with Crippen LogP contribution in [0.2, 0.25) is 0 Å². The van der Waals surface area contributed by atoms with Crippen molar-refractivity contribution in [3.8, 4) is 0 Å². The van der Waals surface area contributed by atoms with Gasteiger partial charge in [0.15, 0.2) is 0 Å². The summed E-state index contributed by atoms with van der Waals surface area (Å²) in [6, 6.07) is 8.46. The van der Waals surface area contributed by atoms with Gasteiger partial charge in [-0.3, -0.25) is 0 Å². The summed E-state index contributed by atoms with van der Waals surface area (Å²) in [6.45, 7) is 4.46. The van der Waals surface area contributed by atoms with Crippen LogP contribution in [0.3, 0.4) is 0 Å². The van der Waals surface area contributed by atoms with Gasteiger partial charge in [0.1, 0.15) is 0 Å². The molecule has 1 unspecified atom stereocenters. The van der Waals surface area contributed by atoms with Crippen molar-refractivity contribution in [2.24, 2.45) is 11.8 Å². The minimum absolute atomic E-state index is 0.250. The maximum atomic E-state index is 10.1. The summed E-state index contributed by atoms with van der Waals surface area (Å²) in [5.41, 5.74) is 2.45. The Morgan fingerprint density at radius 2 is 2.06 bits per heavy atom. The van der Waals surface area contributed by atoms with Crippen molar-refractivity contribution in [2.75, 3.05) is 0 Å². The van der Waals surface area contributed by atoms with Crippen LogP contribution in [0.25, 0.3) is 0 Å². The van der Waals surface area contributed by atoms with Crippen molar-refractivity contribution in [1.82, 2.24) is 0 Å². The van der Waals surface area contributed by atoms with Crippen molar-refractivity contribution in [3.63, 3.8) is 0 Å². The Morgan fingerprint density at radius 3 is 2.69 bits per heavy atom. The average Bonchev–Trinajstić information content (AvgIpc) is 3.01. The highest BCUT2D eigenvalue weighted by molar-refractivity contribution is 5.25. The maximum Gasteiger partial charge on any atom is 0.0792 e. The molecule has 16 heavy (non-hydrogen) atoms. The number of rotatable bonds is 5. The Labute approximate surface area is 98.5 Å². The normalized spacial score (nSPS) is 17.8. The molecule has 1 atom stereocenters. The van der Waals surface area contributed by atoms with Gasteiger partial charge in [-0.1, -0.05) is 51.0 Å². The molecule has 0 spiro atoms. The minimum atomic E-state index is -0.250. The molecule has 1 aromatic rings. The van der Waals surface area contributed by atoms with Gasteiger partial charge in [-0.2, -0.15) is 0 Å². The summed E-state index contributed by atoms with van der Waals surface area (Å²) in [5.74, 6) is 1.46. The average molecular weight is 218 g/mol. The predicted molar refractivity (Wildman–Crippen MR) is 67.3 cm³/mol. The molecule has 0 heterocycles. The van der Waals surface area contributed by atoms with Crippen molar-refractivity contribution in [3.05, 3.63) is 35.4 Å². The second-order valence-electron chi connectivity index (χ2n) is 5.54. The predicted octanol–water partition coefficient (Wildman–Crippen LogP) is 3.72. The summed E-state index contributed by atoms with van der Waals surface area (Å²) < 4.78 is 0. The molecule has 1 aliphatic carbocycles. The highest BCUT2D eigenvalue weighted by atomic mass is 16.3. The molecule has 0 bridgehead atoms. The zero-order chi connectivity index (χ0) is 11.5. The van der Waals surface area contributed by atoms with E-state index in [1.54, 1.807) is 0 Å². The van der Waals surface area contributed by atoms with E-state index in [1.165, 1.54) is 18.4 Å². The largest absolute Gasteiger partial charge is 0.388 e. The van der Waals surface area contributed by atoms with Gasteiger partial charge in [0.25, 0.3) is 0 Å². The summed E-state index contributed by atoms with van der Waals surface area (Å²) in [7, 11) is 0. The molecular formula is C15H22O. The number of benzene rings is 1. The van der Waals surface area contributed by atoms with Crippen LogP contribution in [0, 0.1) is 11.8 Å². The van der Waals surface area contributed by atoms with Gasteiger partial charge in [-0.25, -0.2) is 0 Å². The fraction of sp³-hybridized carbons (Fsp3) is 0.600. The van der Waals surface area contributed by atoms with Gasteiger partial charge in [-0.05, 0) is 35.8 Å². The summed E-state index contributed by atoms with van der Waals surface area (Å²) in [6.07, 6.45) is 4.42. The second-order valence-corrected chi connectivity index (χ2v) is 5.54. The van der Waals surface area contributed by atoms with Crippen LogP contribution >= 0.6 is 0 Å². The van der Waals surface area contributed by atoms with E-state index < -0.39 is 0 Å². The van der Waals surface area contributed by atoms with E-state index in [1.807, 2.05) is 0 Å². The maximum absolute atomic E-state index is 10.1. The molecule has 0 aromatic heterocycles. The second kappa shape index (κ2) is 5.01. The van der Waals surface area contributed by atoms with E-state index in [-0.39, 0.29) is 6.10 Å². The molecule has 2 rings (SSSR count). The van der Waals surface area contributed by atoms with E-state index >= 15 is 0 Å². The van der Waals surface area contributed by atoms with Crippen LogP contribution in [0.1, 0.15) is 50.3 Å². The monoisotopic (exact) mass is 218 g/mol. The van der Waals surface area contributed by atoms with Crippen molar-refractivity contribution in [2.45, 2.75) is 45.6 Å². The van der Waals surface area contributed by atoms with E-state index in [9.17, 15) is 5.11 Å². The smallest absolute Gasteiger partial charge is 0.0792 e. The first-order chi connectivity index (χ1) is 7.65. The molecule has 0 aliphatic heterocycles. The first-order valence-electron chi connectivity index (χ1n) is 6.42. The van der Waals surface area contributed by atoms with Crippen LogP contribution < -0.4 is 0 Å². The quantitative estimate of drug-likeness (QED) is 0.798. The molecule has 1 aliphatic rings. The Hall–Kier alpha value is -0.820. The van der Waals surface area contributed by atoms with Gasteiger partial charge in [0, 0.05) is 0 Å². The van der Waals surface area contributed by atoms with Gasteiger partial charge >= 0.3 is 0 Å². The van der Waals surface area contributed by atoms with E-state index in [0.717, 1.165) is 24.3 Å². The van der Waals surface area contributed by atoms with E-state index in [0.29, 0.717) is 5.92 Å². The fourth-order valence-corrected chi connectivity index (χ4v) is 2.20. The third-order valence-corrected chi connectivity index (χ3v) is 3.23. The number of hydrogen-bond donors (Lipinski definition) is 1. The summed E-state index contributed by atoms with van der Waals surface area (Å²) in [5, 5.41) is 10.1. The molecule has 1 nitrogen and oxygen atoms in total. The van der Waals surface area contributed by atoms with E-state index in [2.05, 4.69) is 38.1 Å². The molecule has 1 saturated carbocycles. The SMILES string of the molecule is CC(C)Cc1cccc(C(O)CC2CC2)c1. The van der Waals surface area contributed by atoms with Crippen molar-refractivity contribution < 1.29 is 5.11 Å². The fourth-order valence-electron chi connectivity index (χ4n) is 2.20. The highest BCUT2D eigenvalue weighted by Gasteiger charge is 2.25. The molecule has 1 heteroatoms. The van der Waals surface area contributed by atoms with Crippen LogP contribution in [0.5, 0.6) is 0 Å². The van der Waals surface area contributed by atoms with Crippen LogP contribution in [-0.2, 0) is 6.42 Å². The molecule has 0 saturated heterocycles. The van der Waals surface area contributed by atoms with Crippen LogP contribution in [-0.4, -0.2) is 5.11 Å². The molecule has 0 amide bonds. The van der Waals surface area contributed by atoms with Gasteiger partial charge in [-0.15, -0.1) is 0 Å². The molecule has 1 aromatic carbocycles. The standard InChI is InChI=1S/C15H22O/c1-11(2)8-13-4-3-5-14(9-13)15(16)10-12-6-7-12/h3-5,9,11-12,15-16H,6-8,10H2,1-2H3. The summed E-state index contributed by atoms with van der Waals surface area (Å²) in [4.78, 5) is 0. The Balaban J connectivity index is 2.01. The van der Waals surface area contributed by atoms with Crippen molar-refractivity contribution >= 4 is 0 Å². The molecule has 0 radical (unpaired) electrons. The lowest BCUT2D eigenvalue weighted by atomic mass is 9.97. The number of aliphatic hydroxyl groups is 1. The van der Waals surface area contributed by atoms with Gasteiger partial charge in [0.05, 0.1) is 6.10 Å². The molecular weight excluding hydrogens is 196 g/mol.